The first-order chi connectivity index (χ1) is 28.6. The summed E-state index contributed by atoms with van der Waals surface area (Å²) >= 11 is 0. The Morgan fingerprint density at radius 1 is 0.881 bits per heavy atom. The maximum absolute atomic E-state index is 6.92. The molecular weight excluding hydrogens is 715 g/mol. The van der Waals surface area contributed by atoms with Crippen LogP contribution in [0.15, 0.2) is 107 Å². The Hall–Kier alpha value is -5.84. The zero-order valence-electron chi connectivity index (χ0n) is 35.0. The van der Waals surface area contributed by atoms with Gasteiger partial charge in [0.15, 0.2) is 7.28 Å². The molecule has 0 saturated heterocycles. The van der Waals surface area contributed by atoms with Crippen LogP contribution >= 0.6 is 0 Å². The molecule has 3 aliphatic heterocycles. The Morgan fingerprint density at radius 3 is 2.59 bits per heavy atom. The zero-order valence-corrected chi connectivity index (χ0v) is 35.0. The Labute approximate surface area is 349 Å². The lowest BCUT2D eigenvalue weighted by molar-refractivity contribution is 0.195. The average Bonchev–Trinajstić information content (AvgIpc) is 3.72. The van der Waals surface area contributed by atoms with E-state index < -0.39 is 0 Å². The number of fused-ring (bicyclic) bond motifs is 14. The third-order valence-electron chi connectivity index (χ3n) is 15.4. The van der Waals surface area contributed by atoms with Gasteiger partial charge in [-0.25, -0.2) is 0 Å². The van der Waals surface area contributed by atoms with Gasteiger partial charge in [-0.2, -0.15) is 0 Å². The molecule has 5 aromatic carbocycles. The van der Waals surface area contributed by atoms with E-state index in [1.54, 1.807) is 0 Å². The van der Waals surface area contributed by atoms with Crippen molar-refractivity contribution >= 4 is 62.8 Å². The third kappa shape index (κ3) is 4.87. The average molecular weight is 765 g/mol. The Balaban J connectivity index is 1.19. The fourth-order valence-corrected chi connectivity index (χ4v) is 12.1. The molecule has 1 aromatic heterocycles. The van der Waals surface area contributed by atoms with E-state index in [1.165, 1.54) is 97.2 Å². The van der Waals surface area contributed by atoms with E-state index in [1.807, 2.05) is 12.1 Å². The molecule has 0 spiro atoms. The minimum atomic E-state index is -0.113. The highest BCUT2D eigenvalue weighted by Crippen LogP contribution is 2.62. The van der Waals surface area contributed by atoms with Crippen molar-refractivity contribution in [3.05, 3.63) is 143 Å². The van der Waals surface area contributed by atoms with E-state index in [0.717, 1.165) is 67.2 Å². The van der Waals surface area contributed by atoms with Gasteiger partial charge in [-0.15, -0.1) is 0 Å². The fraction of sp³-hybridized carbons (Fsp3) is 0.309. The molecule has 0 radical (unpaired) electrons. The summed E-state index contributed by atoms with van der Waals surface area (Å²) in [5.74, 6) is 0.403. The highest BCUT2D eigenvalue weighted by molar-refractivity contribution is 6.74. The predicted molar refractivity (Wildman–Crippen MR) is 247 cm³/mol. The summed E-state index contributed by atoms with van der Waals surface area (Å²) < 4.78 is 6.92. The van der Waals surface area contributed by atoms with Crippen LogP contribution < -0.4 is 21.1 Å². The molecule has 6 aliphatic rings. The highest BCUT2D eigenvalue weighted by atomic mass is 16.3. The Morgan fingerprint density at radius 2 is 1.71 bits per heavy atom. The topological polar surface area (TPSA) is 28.4 Å². The van der Waals surface area contributed by atoms with Crippen molar-refractivity contribution in [1.82, 2.24) is 0 Å². The zero-order chi connectivity index (χ0) is 39.8. The summed E-state index contributed by atoms with van der Waals surface area (Å²) in [6, 6.07) is 36.6. The summed E-state index contributed by atoms with van der Waals surface area (Å²) in [6.45, 7) is 12.3. The predicted octanol–water partition coefficient (Wildman–Crippen LogP) is 12.2. The molecule has 4 heteroatoms. The molecule has 3 nitrogen and oxygen atoms in total. The fourth-order valence-electron chi connectivity index (χ4n) is 12.1. The van der Waals surface area contributed by atoms with Crippen molar-refractivity contribution in [1.29, 1.82) is 0 Å². The van der Waals surface area contributed by atoms with Crippen LogP contribution in [0, 0.1) is 30.2 Å². The van der Waals surface area contributed by atoms with Gasteiger partial charge in [-0.1, -0.05) is 125 Å². The van der Waals surface area contributed by atoms with Gasteiger partial charge in [0.05, 0.1) is 22.0 Å². The van der Waals surface area contributed by atoms with E-state index in [0.29, 0.717) is 5.92 Å². The van der Waals surface area contributed by atoms with Crippen LogP contribution in [0.4, 0.5) is 17.1 Å². The molecule has 1 saturated carbocycles. The van der Waals surface area contributed by atoms with Crippen molar-refractivity contribution < 1.29 is 4.42 Å². The van der Waals surface area contributed by atoms with Gasteiger partial charge < -0.3 is 14.6 Å². The van der Waals surface area contributed by atoms with Crippen molar-refractivity contribution in [2.24, 2.45) is 5.92 Å². The molecule has 6 aromatic rings. The van der Waals surface area contributed by atoms with E-state index in [9.17, 15) is 0 Å². The van der Waals surface area contributed by atoms with Gasteiger partial charge >= 0.3 is 0 Å². The van der Waals surface area contributed by atoms with Gasteiger partial charge in [0, 0.05) is 44.7 Å². The summed E-state index contributed by atoms with van der Waals surface area (Å²) in [7, 11) is 0.844. The molecule has 3 unspecified atom stereocenters. The van der Waals surface area contributed by atoms with Crippen LogP contribution in [-0.4, -0.2) is 12.8 Å². The number of hydrogen-bond acceptors (Lipinski definition) is 3. The van der Waals surface area contributed by atoms with Gasteiger partial charge in [0.1, 0.15) is 11.2 Å². The van der Waals surface area contributed by atoms with Gasteiger partial charge in [0.2, 0.25) is 0 Å². The maximum atomic E-state index is 6.92. The third-order valence-corrected chi connectivity index (χ3v) is 15.4. The molecule has 3 aliphatic carbocycles. The van der Waals surface area contributed by atoms with E-state index in [2.05, 4.69) is 148 Å². The summed E-state index contributed by atoms with van der Waals surface area (Å²) in [6.07, 6.45) is 20.6. The smallest absolute Gasteiger partial charge is 0.198 e. The normalized spacial score (nSPS) is 23.6. The second-order valence-corrected chi connectivity index (χ2v) is 19.6. The van der Waals surface area contributed by atoms with Gasteiger partial charge in [-0.3, -0.25) is 0 Å². The van der Waals surface area contributed by atoms with Crippen molar-refractivity contribution in [2.75, 3.05) is 10.2 Å². The molecular formula is C55H49BN2O. The van der Waals surface area contributed by atoms with Gasteiger partial charge in [-0.05, 0) is 126 Å². The number of furan rings is 1. The first-order valence-electron chi connectivity index (χ1n) is 22.0. The lowest BCUT2D eigenvalue weighted by atomic mass is 9.57. The molecule has 0 bridgehead atoms. The van der Waals surface area contributed by atoms with Crippen LogP contribution in [0.2, 0.25) is 0 Å². The van der Waals surface area contributed by atoms with Crippen LogP contribution in [0.3, 0.4) is 0 Å². The minimum Gasteiger partial charge on any atom is -0.455 e. The van der Waals surface area contributed by atoms with Crippen LogP contribution in [0.25, 0.3) is 49.8 Å². The number of para-hydroxylation sites is 1. The van der Waals surface area contributed by atoms with Crippen LogP contribution in [0.5, 0.6) is 0 Å². The van der Waals surface area contributed by atoms with Crippen molar-refractivity contribution in [3.8, 4) is 22.3 Å². The molecule has 3 atom stereocenters. The number of benzene rings is 3. The Kier molecular flexibility index (Phi) is 7.35. The SMILES string of the molecule is CC(C)(C)c1cc2c3c(c1)C1(C)CCCCC1(C)N3c1c(c(-c3cccc4c3NC3=C(CCC=C3)CC3CC=CC=C3c3c#cccc3-4)cc3oc4ccc#cc4c13)B2. The molecule has 288 valence electrons. The molecule has 1 fully saturated rings. The second kappa shape index (κ2) is 12.3. The van der Waals surface area contributed by atoms with E-state index >= 15 is 0 Å². The summed E-state index contributed by atoms with van der Waals surface area (Å²) in [4.78, 5) is 2.83. The second-order valence-electron chi connectivity index (χ2n) is 19.6. The molecule has 12 rings (SSSR count). The summed E-state index contributed by atoms with van der Waals surface area (Å²) in [5.41, 5.74) is 21.4. The first-order valence-corrected chi connectivity index (χ1v) is 22.0. The summed E-state index contributed by atoms with van der Waals surface area (Å²) in [5, 5.41) is 6.37. The van der Waals surface area contributed by atoms with E-state index in [4.69, 9.17) is 4.42 Å². The van der Waals surface area contributed by atoms with Gasteiger partial charge in [0.25, 0.3) is 0 Å². The molecule has 1 N–H and O–H groups in total. The van der Waals surface area contributed by atoms with Crippen LogP contribution in [0.1, 0.15) is 103 Å². The highest BCUT2D eigenvalue weighted by Gasteiger charge is 2.60. The maximum Gasteiger partial charge on any atom is 0.198 e. The van der Waals surface area contributed by atoms with Crippen LogP contribution in [-0.2, 0) is 10.8 Å². The number of nitrogens with one attached hydrogen (secondary N) is 1. The van der Waals surface area contributed by atoms with Crippen molar-refractivity contribution in [2.45, 2.75) is 102 Å². The molecule has 0 amide bonds. The number of allylic oxidation sites excluding steroid dienone is 7. The number of nitrogens with zero attached hydrogens (tertiary/aromatic N) is 1. The number of rotatable bonds is 1. The molecule has 59 heavy (non-hydrogen) atoms. The van der Waals surface area contributed by atoms with E-state index in [-0.39, 0.29) is 16.4 Å². The number of anilines is 3. The minimum absolute atomic E-state index is 0.00454. The standard InChI is InChI=1S/C55H49BN2O/c1-53(2,3)35-30-43-51-44(31-35)56-49-42(32-47-48(41-22-11-13-26-46(41)59-47)52(49)58(51)55(5)28-15-14-27-54(43,55)4)40-24-16-23-39-38-21-10-9-20-37(38)36-19-8-6-17-33(36)29-34-18-7-12-25-45(34)57-50(39)40/h6,8,10,12-13,16,19,21,23-26,30-33,56-57H,7,14-15,17-18,27-29H2,1-5H3. The number of hydrogen-bond donors (Lipinski definition) is 1. The lowest BCUT2D eigenvalue weighted by Crippen LogP contribution is -2.57. The quantitative estimate of drug-likeness (QED) is 0.169. The molecule has 4 heterocycles. The Bertz CT molecular complexity index is 2930. The first kappa shape index (κ1) is 35.1. The lowest BCUT2D eigenvalue weighted by Gasteiger charge is -2.51. The van der Waals surface area contributed by atoms with Crippen molar-refractivity contribution in [3.63, 3.8) is 0 Å². The largest absolute Gasteiger partial charge is 0.455 e. The monoisotopic (exact) mass is 764 g/mol.